The largest absolute Gasteiger partial charge is 0.491 e. The van der Waals surface area contributed by atoms with Gasteiger partial charge in [-0.1, -0.05) is 202 Å². The van der Waals surface area contributed by atoms with E-state index in [-0.39, 0.29) is 26.8 Å². The fourth-order valence-electron chi connectivity index (χ4n) is 15.2. The van der Waals surface area contributed by atoms with E-state index in [0.29, 0.717) is 153 Å². The molecule has 1 aliphatic carbocycles. The van der Waals surface area contributed by atoms with E-state index in [9.17, 15) is 0 Å². The first-order valence-corrected chi connectivity index (χ1v) is 42.3. The molecule has 0 fully saturated rings. The Bertz CT molecular complexity index is 6520. The molecule has 0 saturated heterocycles. The molecule has 130 heavy (non-hydrogen) atoms. The summed E-state index contributed by atoms with van der Waals surface area (Å²) in [7, 11) is 0. The van der Waals surface area contributed by atoms with Gasteiger partial charge in [0.25, 0.3) is 0 Å². The van der Waals surface area contributed by atoms with Crippen LogP contribution in [0.2, 0.25) is 0 Å². The molecule has 0 aromatic heterocycles. The Kier molecular flexibility index (Phi) is 26.3. The lowest BCUT2D eigenvalue weighted by Gasteiger charge is -2.34. The summed E-state index contributed by atoms with van der Waals surface area (Å²) in [5.74, 6) is 8.23. The summed E-state index contributed by atoms with van der Waals surface area (Å²) >= 11 is 0. The minimum Gasteiger partial charge on any atom is -0.491 e. The highest BCUT2D eigenvalue weighted by molar-refractivity contribution is 5.87. The van der Waals surface area contributed by atoms with Gasteiger partial charge in [-0.05, 0) is 185 Å². The number of rotatable bonds is 5. The molecule has 7 aliphatic rings. The van der Waals surface area contributed by atoms with Crippen molar-refractivity contribution >= 4 is 104 Å². The number of hydrogen-bond donors (Lipinski definition) is 0. The molecule has 21 rings (SSSR count). The van der Waals surface area contributed by atoms with Crippen LogP contribution in [-0.4, -0.2) is 101 Å². The normalized spacial score (nSPS) is 16.1. The van der Waals surface area contributed by atoms with E-state index in [1.54, 1.807) is 0 Å². The maximum Gasteiger partial charge on any atom is 0.231 e. The van der Waals surface area contributed by atoms with Crippen LogP contribution in [0.1, 0.15) is 42.5 Å². The third-order valence-electron chi connectivity index (χ3n) is 22.0. The molecule has 6 aliphatic heterocycles. The molecule has 6 heterocycles. The van der Waals surface area contributed by atoms with Crippen molar-refractivity contribution in [2.24, 2.45) is 71.7 Å². The van der Waals surface area contributed by atoms with Gasteiger partial charge in [-0.2, -0.15) is 59.9 Å². The summed E-state index contributed by atoms with van der Waals surface area (Å²) in [6, 6.07) is 121. The van der Waals surface area contributed by atoms with Crippen molar-refractivity contribution in [2.75, 3.05) is 53.2 Å². The predicted octanol–water partition coefficient (Wildman–Crippen LogP) is 25.6. The van der Waals surface area contributed by atoms with Crippen LogP contribution in [0.3, 0.4) is 0 Å². The fourth-order valence-corrected chi connectivity index (χ4v) is 15.2. The summed E-state index contributed by atoms with van der Waals surface area (Å²) in [6.07, 6.45) is -0.136. The maximum absolute atomic E-state index is 6.51. The molecule has 0 amide bonds. The molecule has 0 saturated carbocycles. The minimum atomic E-state index is -0.759. The smallest absolute Gasteiger partial charge is 0.231 e. The van der Waals surface area contributed by atoms with Crippen LogP contribution in [0.4, 0.5) is 68.2 Å². The second-order valence-corrected chi connectivity index (χ2v) is 30.0. The first kappa shape index (κ1) is 83.8. The first-order valence-electron chi connectivity index (χ1n) is 42.3. The lowest BCUT2D eigenvalue weighted by atomic mass is 9.67. The van der Waals surface area contributed by atoms with Crippen LogP contribution in [0.15, 0.2) is 387 Å². The topological polar surface area (TPSA) is 259 Å². The fraction of sp³-hybridized carbons (Fsp3) is 0.151. The van der Waals surface area contributed by atoms with Crippen molar-refractivity contribution in [3.05, 3.63) is 350 Å². The molecule has 24 heteroatoms. The van der Waals surface area contributed by atoms with E-state index in [4.69, 9.17) is 56.8 Å². The molecule has 24 nitrogen and oxygen atoms in total. The van der Waals surface area contributed by atoms with Gasteiger partial charge in [-0.25, -0.2) is 0 Å². The van der Waals surface area contributed by atoms with Crippen molar-refractivity contribution in [1.82, 2.24) is 0 Å². The molecule has 14 aromatic rings. The molecule has 0 spiro atoms. The van der Waals surface area contributed by atoms with Gasteiger partial charge in [0, 0.05) is 5.92 Å². The van der Waals surface area contributed by atoms with Gasteiger partial charge in [-0.15, -0.1) is 0 Å². The zero-order valence-electron chi connectivity index (χ0n) is 70.6. The monoisotopic (exact) mass is 1710 g/mol. The maximum atomic E-state index is 6.51. The van der Waals surface area contributed by atoms with Gasteiger partial charge >= 0.3 is 0 Å². The Labute approximate surface area is 749 Å². The Hall–Kier alpha value is -17.0. The number of para-hydroxylation sites is 20. The van der Waals surface area contributed by atoms with Gasteiger partial charge in [0.1, 0.15) is 188 Å². The summed E-state index contributed by atoms with van der Waals surface area (Å²) in [4.78, 5) is 52.4. The lowest BCUT2D eigenvalue weighted by molar-refractivity contribution is -0.0000331. The Morgan fingerprint density at radius 1 is 0.254 bits per heavy atom. The van der Waals surface area contributed by atoms with E-state index >= 15 is 0 Å². The van der Waals surface area contributed by atoms with Crippen LogP contribution >= 0.6 is 0 Å². The molecule has 3 atom stereocenters. The van der Waals surface area contributed by atoms with Crippen LogP contribution in [-0.2, 0) is 5.41 Å². The van der Waals surface area contributed by atoms with E-state index < -0.39 is 17.6 Å². The van der Waals surface area contributed by atoms with Crippen LogP contribution in [0, 0.1) is 11.8 Å². The number of ether oxygens (including phenoxy) is 12. The van der Waals surface area contributed by atoms with Gasteiger partial charge in [0.15, 0.2) is 23.7 Å². The Balaban J connectivity index is 0.000000124. The zero-order chi connectivity index (χ0) is 87.9. The highest BCUT2D eigenvalue weighted by atomic mass is 16.7. The number of aliphatic imine (C=N–C) groups is 12. The highest BCUT2D eigenvalue weighted by Gasteiger charge is 2.47. The van der Waals surface area contributed by atoms with Crippen molar-refractivity contribution in [3.8, 4) is 80.1 Å². The third kappa shape index (κ3) is 19.6. The number of benzene rings is 14. The van der Waals surface area contributed by atoms with Crippen molar-refractivity contribution in [2.45, 2.75) is 37.9 Å². The quantitative estimate of drug-likeness (QED) is 0.156. The summed E-state index contributed by atoms with van der Waals surface area (Å²) < 4.78 is 73.3. The molecule has 638 valence electrons. The molecular weight excluding hydrogens is 1630 g/mol. The van der Waals surface area contributed by atoms with Gasteiger partial charge < -0.3 is 56.8 Å². The molecule has 0 N–H and O–H groups in total. The molecule has 0 radical (unpaired) electrons. The summed E-state index contributed by atoms with van der Waals surface area (Å²) in [6.45, 7) is 6.80. The van der Waals surface area contributed by atoms with E-state index in [1.165, 1.54) is 0 Å². The SMILES string of the molecule is C1=Nc2ccccc2OCC(C2COc3ccccc3N=C=Nc3ccccc3O2)Oc2ccccc2N=1.C1=Nc2ccccc2OCCOc2ccccc2N=1.C1=Nc2ccccc2OCOc2cc(C3(c4ccc5c(c4)OCOc4ccccc4N=C=N5)c4ccccc4-c4ccccc43)ccc2N=1.CCC(C)C1COc2ccccc2N=C=Nc2ccccc2OC1. The Morgan fingerprint density at radius 3 is 0.785 bits per heavy atom. The van der Waals surface area contributed by atoms with E-state index in [0.717, 1.165) is 62.7 Å². The average Bonchev–Trinajstić information content (AvgIpc) is 1.53. The van der Waals surface area contributed by atoms with Crippen molar-refractivity contribution < 1.29 is 56.8 Å². The van der Waals surface area contributed by atoms with E-state index in [1.807, 2.05) is 267 Å². The molecule has 3 unspecified atom stereocenters. The standard InChI is InChI=1S/C41H26N4O4.C30H22N4O4.C20H22N2O2.C15H12N2O2/c1-3-11-31-29(9-1)30-10-2-4-12-32(30)41(31,27-17-19-35-39(21-27)48-25-46-37-15-7-5-13-33(37)42-23-44-35)28-18-20-36-40(22-28)49-26-47-38-16-8-6-14-34(38)43-24-45-36;1-5-13-25-21(9-1)31-19-33-23-11-3-7-15-27(23)37-29(17-35-25)30-18-36-26-14-6-2-10-22(26)32-20-34-24-12-4-8-16-28(24)38-30;1-3-15(2)16-12-23-19-10-6-4-8-17(19)21-14-22-18-9-5-7-11-20(18)24-13-16;1-3-7-14-12(5-1)16-11-17-13-6-2-4-8-15(13)19-10-9-18-14/h1-22H,25-26H2;1-16,29-30H,17-18H2;4-11,15-16H,3,12-13H2,1-2H3;1-8H,9-10H2. The minimum absolute atomic E-state index is 0.0198. The predicted molar refractivity (Wildman–Crippen MR) is 500 cm³/mol. The number of nitrogens with zero attached hydrogens (tertiary/aromatic N) is 12. The number of fused-ring (bicyclic) bond motifs is 15. The van der Waals surface area contributed by atoms with Gasteiger partial charge in [0.2, 0.25) is 13.6 Å². The average molecular weight is 1720 g/mol. The second kappa shape index (κ2) is 40.7. The van der Waals surface area contributed by atoms with Crippen molar-refractivity contribution in [3.63, 3.8) is 0 Å². The van der Waals surface area contributed by atoms with Crippen LogP contribution < -0.4 is 56.8 Å². The van der Waals surface area contributed by atoms with Crippen LogP contribution in [0.25, 0.3) is 11.1 Å². The third-order valence-corrected chi connectivity index (χ3v) is 22.0. The Morgan fingerprint density at radius 2 is 0.485 bits per heavy atom. The van der Waals surface area contributed by atoms with Crippen LogP contribution in [0.5, 0.6) is 69.0 Å². The first-order chi connectivity index (χ1) is 64.3. The molecule has 0 bridgehead atoms. The van der Waals surface area contributed by atoms with Gasteiger partial charge in [0.05, 0.1) is 18.6 Å². The number of hydrogen-bond acceptors (Lipinski definition) is 24. The van der Waals surface area contributed by atoms with Crippen molar-refractivity contribution in [1.29, 1.82) is 0 Å². The summed E-state index contributed by atoms with van der Waals surface area (Å²) in [5.41, 5.74) is 13.5. The lowest BCUT2D eigenvalue weighted by Crippen LogP contribution is -2.44. The summed E-state index contributed by atoms with van der Waals surface area (Å²) in [5, 5.41) is 0. The molecule has 14 aromatic carbocycles. The molecular formula is C106H82N12O12. The van der Waals surface area contributed by atoms with E-state index in [2.05, 4.69) is 170 Å². The second-order valence-electron chi connectivity index (χ2n) is 30.0. The highest BCUT2D eigenvalue weighted by Crippen LogP contribution is 2.58. The zero-order valence-corrected chi connectivity index (χ0v) is 70.6. The van der Waals surface area contributed by atoms with Gasteiger partial charge in [-0.3, -0.25) is 0 Å².